The molecule has 0 spiro atoms. The van der Waals surface area contributed by atoms with Gasteiger partial charge in [0, 0.05) is 18.0 Å². The molecule has 0 bridgehead atoms. The number of benzene rings is 2. The van der Waals surface area contributed by atoms with Crippen LogP contribution in [-0.2, 0) is 14.4 Å². The molecule has 10 nitrogen and oxygen atoms in total. The van der Waals surface area contributed by atoms with Gasteiger partial charge in [-0.15, -0.1) is 0 Å². The number of amides is 4. The fraction of sp³-hybridized carbons (Fsp3) is 0.375. The van der Waals surface area contributed by atoms with Gasteiger partial charge in [0.1, 0.15) is 17.9 Å². The first-order valence-corrected chi connectivity index (χ1v) is 14.4. The maximum Gasteiger partial charge on any atom is 0.321 e. The number of carbonyl (C=O) groups is 4. The molecule has 0 radical (unpaired) electrons. The van der Waals surface area contributed by atoms with Gasteiger partial charge >= 0.3 is 6.03 Å². The number of nitrogens with zero attached hydrogens (tertiary/aromatic N) is 3. The van der Waals surface area contributed by atoms with Crippen LogP contribution in [0.5, 0.6) is 5.88 Å². The topological polar surface area (TPSA) is 145 Å². The fourth-order valence-corrected chi connectivity index (χ4v) is 6.16. The average molecular weight is 568 g/mol. The molecule has 3 aliphatic rings. The highest BCUT2D eigenvalue weighted by Crippen LogP contribution is 2.45. The van der Waals surface area contributed by atoms with E-state index in [9.17, 15) is 19.2 Å². The van der Waals surface area contributed by atoms with E-state index in [1.807, 2.05) is 66.7 Å². The van der Waals surface area contributed by atoms with Crippen molar-refractivity contribution in [3.63, 3.8) is 0 Å². The van der Waals surface area contributed by atoms with Crippen LogP contribution in [0.4, 0.5) is 4.79 Å². The van der Waals surface area contributed by atoms with Gasteiger partial charge in [-0.3, -0.25) is 14.5 Å². The summed E-state index contributed by atoms with van der Waals surface area (Å²) in [7, 11) is 0. The first-order valence-electron chi connectivity index (χ1n) is 14.4. The number of para-hydroxylation sites is 1. The van der Waals surface area contributed by atoms with E-state index in [1.54, 1.807) is 0 Å². The third-order valence-corrected chi connectivity index (χ3v) is 8.58. The number of carbonyl (C=O) groups excluding carboxylic acids is 4. The minimum absolute atomic E-state index is 0.0737. The van der Waals surface area contributed by atoms with Crippen LogP contribution in [0.3, 0.4) is 0 Å². The smallest absolute Gasteiger partial charge is 0.321 e. The van der Waals surface area contributed by atoms with Gasteiger partial charge in [0.15, 0.2) is 5.82 Å². The zero-order valence-corrected chi connectivity index (χ0v) is 23.1. The molecule has 3 N–H and O–H groups in total. The molecule has 2 saturated carbocycles. The Balaban J connectivity index is 1.33. The summed E-state index contributed by atoms with van der Waals surface area (Å²) in [5, 5.41) is 3.63. The van der Waals surface area contributed by atoms with Crippen molar-refractivity contribution < 1.29 is 23.9 Å². The lowest BCUT2D eigenvalue weighted by molar-refractivity contribution is -0.139. The van der Waals surface area contributed by atoms with Crippen LogP contribution in [0.25, 0.3) is 22.3 Å². The number of nitrogens with two attached hydrogens (primary N) is 1. The lowest BCUT2D eigenvalue weighted by Gasteiger charge is -2.26. The maximum absolute atomic E-state index is 13.8. The van der Waals surface area contributed by atoms with Crippen LogP contribution >= 0.6 is 0 Å². The van der Waals surface area contributed by atoms with Gasteiger partial charge in [-0.1, -0.05) is 54.6 Å². The Hall–Kier alpha value is -4.60. The summed E-state index contributed by atoms with van der Waals surface area (Å²) in [5.74, 6) is -1.77. The van der Waals surface area contributed by atoms with Crippen LogP contribution in [0.2, 0.25) is 0 Å². The van der Waals surface area contributed by atoms with E-state index in [0.29, 0.717) is 35.4 Å². The molecule has 216 valence electrons. The second-order valence-corrected chi connectivity index (χ2v) is 11.4. The Labute approximate surface area is 243 Å². The Kier molecular flexibility index (Phi) is 7.45. The largest absolute Gasteiger partial charge is 0.474 e. The average Bonchev–Trinajstić information content (AvgIpc) is 3.51. The highest BCUT2D eigenvalue weighted by atomic mass is 16.5. The van der Waals surface area contributed by atoms with E-state index < -0.39 is 41.3 Å². The number of urea groups is 1. The molecule has 1 aliphatic heterocycles. The van der Waals surface area contributed by atoms with Crippen molar-refractivity contribution in [1.29, 1.82) is 0 Å². The predicted octanol–water partition coefficient (Wildman–Crippen LogP) is 3.79. The number of primary amides is 1. The summed E-state index contributed by atoms with van der Waals surface area (Å²) in [5.41, 5.74) is 6.19. The second kappa shape index (κ2) is 11.3. The molecule has 5 atom stereocenters. The monoisotopic (exact) mass is 567 g/mol. The van der Waals surface area contributed by atoms with Crippen LogP contribution in [0.1, 0.15) is 38.5 Å². The molecule has 2 aromatic carbocycles. The number of aldehydes is 1. The van der Waals surface area contributed by atoms with E-state index in [0.717, 1.165) is 29.6 Å². The molecule has 2 heterocycles. The molecular weight excluding hydrogens is 534 g/mol. The number of hydrogen-bond acceptors (Lipinski definition) is 7. The van der Waals surface area contributed by atoms with Gasteiger partial charge in [-0.2, -0.15) is 4.98 Å². The SMILES string of the molecule is NC(=O)N1CCCC/C=C/C2CC2(C=O)NC(=O)C2CC(Oc3nc(-c4ccccc4)nc4ccccc34)CC2C1=O. The summed E-state index contributed by atoms with van der Waals surface area (Å²) in [6, 6.07) is 16.2. The van der Waals surface area contributed by atoms with Gasteiger partial charge in [-0.05, 0) is 50.7 Å². The summed E-state index contributed by atoms with van der Waals surface area (Å²) in [6.07, 6.45) is 7.20. The Morgan fingerprint density at radius 3 is 2.57 bits per heavy atom. The van der Waals surface area contributed by atoms with Gasteiger partial charge in [0.05, 0.1) is 22.7 Å². The van der Waals surface area contributed by atoms with Crippen molar-refractivity contribution in [3.8, 4) is 17.3 Å². The van der Waals surface area contributed by atoms with Crippen LogP contribution < -0.4 is 15.8 Å². The first-order chi connectivity index (χ1) is 20.4. The Bertz CT molecular complexity index is 1560. The van der Waals surface area contributed by atoms with Crippen molar-refractivity contribution >= 4 is 35.0 Å². The van der Waals surface area contributed by atoms with Crippen molar-refractivity contribution in [3.05, 3.63) is 66.7 Å². The molecule has 0 saturated heterocycles. The van der Waals surface area contributed by atoms with Gasteiger partial charge in [0.25, 0.3) is 0 Å². The van der Waals surface area contributed by atoms with Crippen molar-refractivity contribution in [1.82, 2.24) is 20.2 Å². The van der Waals surface area contributed by atoms with Crippen LogP contribution in [0, 0.1) is 17.8 Å². The molecule has 2 aliphatic carbocycles. The number of aromatic nitrogens is 2. The molecule has 4 amide bonds. The van der Waals surface area contributed by atoms with E-state index in [4.69, 9.17) is 20.4 Å². The summed E-state index contributed by atoms with van der Waals surface area (Å²) >= 11 is 0. The lowest BCUT2D eigenvalue weighted by atomic mass is 9.93. The standard InChI is InChI=1S/C32H33N5O5/c33-31(41)37-15-9-2-1-6-12-21-18-32(21,19-38)36-28(39)24-16-22(17-25(24)30(37)40)42-29-23-13-7-8-14-26(23)34-27(35-29)20-10-4-3-5-11-20/h3-8,10-14,19,21-22,24-25H,1-2,9,15-18H2,(H2,33,41)(H,36,39)/b12-6+. The van der Waals surface area contributed by atoms with Gasteiger partial charge in [-0.25, -0.2) is 9.78 Å². The molecule has 3 aromatic rings. The van der Waals surface area contributed by atoms with Crippen molar-refractivity contribution in [2.45, 2.75) is 50.2 Å². The molecular formula is C32H33N5O5. The van der Waals surface area contributed by atoms with Crippen molar-refractivity contribution in [2.75, 3.05) is 6.54 Å². The second-order valence-electron chi connectivity index (χ2n) is 11.4. The minimum Gasteiger partial charge on any atom is -0.474 e. The van der Waals surface area contributed by atoms with E-state index >= 15 is 0 Å². The van der Waals surface area contributed by atoms with Crippen molar-refractivity contribution in [2.24, 2.45) is 23.5 Å². The molecule has 2 fully saturated rings. The minimum atomic E-state index is -0.971. The molecule has 1 aromatic heterocycles. The molecule has 6 rings (SSSR count). The number of hydrogen-bond donors (Lipinski definition) is 2. The predicted molar refractivity (Wildman–Crippen MR) is 155 cm³/mol. The van der Waals surface area contributed by atoms with E-state index in [1.165, 1.54) is 0 Å². The quantitative estimate of drug-likeness (QED) is 0.360. The first kappa shape index (κ1) is 27.6. The number of rotatable bonds is 4. The number of nitrogens with one attached hydrogen (secondary N) is 1. The highest BCUT2D eigenvalue weighted by Gasteiger charge is 2.56. The van der Waals surface area contributed by atoms with Gasteiger partial charge in [0.2, 0.25) is 17.7 Å². The molecule has 42 heavy (non-hydrogen) atoms. The normalized spacial score (nSPS) is 28.6. The zero-order valence-electron chi connectivity index (χ0n) is 23.1. The van der Waals surface area contributed by atoms with E-state index in [2.05, 4.69) is 5.32 Å². The molecule has 5 unspecified atom stereocenters. The summed E-state index contributed by atoms with van der Waals surface area (Å²) in [4.78, 5) is 62.3. The number of imide groups is 1. The number of fused-ring (bicyclic) bond motifs is 3. The lowest BCUT2D eigenvalue weighted by Crippen LogP contribution is -2.49. The summed E-state index contributed by atoms with van der Waals surface area (Å²) < 4.78 is 6.46. The maximum atomic E-state index is 13.8. The third kappa shape index (κ3) is 5.36. The third-order valence-electron chi connectivity index (χ3n) is 8.58. The Morgan fingerprint density at radius 2 is 1.79 bits per heavy atom. The zero-order chi connectivity index (χ0) is 29.3. The number of ether oxygens (including phenoxy) is 1. The van der Waals surface area contributed by atoms with Crippen LogP contribution in [0.15, 0.2) is 66.7 Å². The fourth-order valence-electron chi connectivity index (χ4n) is 6.16. The summed E-state index contributed by atoms with van der Waals surface area (Å²) in [6.45, 7) is 0.178. The Morgan fingerprint density at radius 1 is 1.02 bits per heavy atom. The van der Waals surface area contributed by atoms with Crippen LogP contribution in [-0.4, -0.2) is 57.2 Å². The van der Waals surface area contributed by atoms with E-state index in [-0.39, 0.29) is 25.3 Å². The molecule has 10 heteroatoms. The number of allylic oxidation sites excluding steroid dienone is 1. The van der Waals surface area contributed by atoms with Gasteiger partial charge < -0.3 is 20.6 Å². The highest BCUT2D eigenvalue weighted by molar-refractivity contribution is 5.98.